The summed E-state index contributed by atoms with van der Waals surface area (Å²) in [5, 5.41) is 23.0. The Bertz CT molecular complexity index is 1830. The van der Waals surface area contributed by atoms with Crippen LogP contribution in [0.1, 0.15) is 37.7 Å². The summed E-state index contributed by atoms with van der Waals surface area (Å²) in [4.78, 5) is 18.0. The molecule has 2 aromatic heterocycles. The summed E-state index contributed by atoms with van der Waals surface area (Å²) in [5.74, 6) is -1.06. The van der Waals surface area contributed by atoms with Crippen LogP contribution in [0.4, 0.5) is 19.0 Å². The number of aromatic hydroxyl groups is 1. The smallest absolute Gasteiger partial charge is 0.319 e. The number of aromatic nitrogens is 3. The number of aliphatic hydroxyl groups is 1. The van der Waals surface area contributed by atoms with Gasteiger partial charge in [-0.25, -0.2) is 13.2 Å². The molecule has 3 unspecified atom stereocenters. The van der Waals surface area contributed by atoms with Gasteiger partial charge in [-0.3, -0.25) is 9.88 Å². The molecule has 2 N–H and O–H groups in total. The van der Waals surface area contributed by atoms with Gasteiger partial charge in [0.05, 0.1) is 30.2 Å². The lowest BCUT2D eigenvalue weighted by atomic mass is 9.92. The van der Waals surface area contributed by atoms with E-state index in [1.807, 2.05) is 4.90 Å². The van der Waals surface area contributed by atoms with Gasteiger partial charge in [0.15, 0.2) is 5.82 Å². The van der Waals surface area contributed by atoms with Gasteiger partial charge < -0.3 is 24.6 Å². The van der Waals surface area contributed by atoms with Crippen molar-refractivity contribution in [2.24, 2.45) is 5.92 Å². The van der Waals surface area contributed by atoms with Crippen LogP contribution in [0.15, 0.2) is 30.5 Å². The lowest BCUT2D eigenvalue weighted by molar-refractivity contribution is 0.00207. The van der Waals surface area contributed by atoms with E-state index < -0.39 is 29.4 Å². The van der Waals surface area contributed by atoms with Crippen LogP contribution in [0, 0.1) is 17.6 Å². The molecule has 6 bridgehead atoms. The van der Waals surface area contributed by atoms with Gasteiger partial charge in [0.2, 0.25) is 0 Å². The van der Waals surface area contributed by atoms with Crippen LogP contribution < -0.4 is 9.64 Å². The van der Waals surface area contributed by atoms with Crippen molar-refractivity contribution in [2.75, 3.05) is 50.9 Å². The molecule has 3 saturated heterocycles. The highest BCUT2D eigenvalue weighted by Crippen LogP contribution is 2.42. The third-order valence-corrected chi connectivity index (χ3v) is 10.4. The second kappa shape index (κ2) is 11.5. The van der Waals surface area contributed by atoms with Crippen LogP contribution in [-0.4, -0.2) is 93.9 Å². The van der Waals surface area contributed by atoms with E-state index in [0.717, 1.165) is 32.2 Å². The first-order chi connectivity index (χ1) is 22.3. The zero-order valence-electron chi connectivity index (χ0n) is 25.4. The number of anilines is 1. The number of piperidine rings is 1. The average molecular weight is 636 g/mol. The molecule has 242 valence electrons. The highest BCUT2D eigenvalue weighted by molar-refractivity contribution is 6.01. The molecule has 4 aromatic rings. The molecule has 0 aliphatic carbocycles. The van der Waals surface area contributed by atoms with Gasteiger partial charge in [-0.15, -0.1) is 0 Å². The van der Waals surface area contributed by atoms with Crippen LogP contribution in [0.3, 0.4) is 0 Å². The number of aliphatic hydroxyl groups excluding tert-OH is 1. The number of pyridine rings is 1. The monoisotopic (exact) mass is 635 g/mol. The number of rotatable bonds is 3. The largest absolute Gasteiger partial charge is 0.508 e. The number of phenols is 1. The third-order valence-electron chi connectivity index (χ3n) is 10.4. The fraction of sp³-hybridized carbons (Fsp3) is 0.500. The first kappa shape index (κ1) is 29.6. The van der Waals surface area contributed by atoms with Crippen LogP contribution >= 0.6 is 0 Å². The molecule has 46 heavy (non-hydrogen) atoms. The number of fused-ring (bicyclic) bond motifs is 6. The molecular formula is C34H36F3N5O4. The normalized spacial score (nSPS) is 26.8. The van der Waals surface area contributed by atoms with Crippen LogP contribution in [0.2, 0.25) is 0 Å². The Morgan fingerprint density at radius 1 is 1.11 bits per heavy atom. The molecule has 12 heteroatoms. The number of phenolic OH excluding ortho intramolecular Hbond substituents is 1. The summed E-state index contributed by atoms with van der Waals surface area (Å²) in [5.41, 5.74) is -0.0399. The van der Waals surface area contributed by atoms with E-state index in [4.69, 9.17) is 14.5 Å². The maximum absolute atomic E-state index is 16.9. The molecule has 0 radical (unpaired) electrons. The molecule has 7 heterocycles. The van der Waals surface area contributed by atoms with Crippen molar-refractivity contribution in [3.8, 4) is 23.0 Å². The van der Waals surface area contributed by atoms with Gasteiger partial charge >= 0.3 is 6.01 Å². The molecule has 4 atom stereocenters. The number of ether oxygens (including phenoxy) is 2. The lowest BCUT2D eigenvalue weighted by Crippen LogP contribution is -2.44. The summed E-state index contributed by atoms with van der Waals surface area (Å²) in [6.45, 7) is 2.66. The van der Waals surface area contributed by atoms with Crippen molar-refractivity contribution < 1.29 is 32.9 Å². The fourth-order valence-electron chi connectivity index (χ4n) is 8.12. The fourth-order valence-corrected chi connectivity index (χ4v) is 8.12. The molecule has 5 aliphatic rings. The quantitative estimate of drug-likeness (QED) is 0.324. The predicted octanol–water partition coefficient (Wildman–Crippen LogP) is 4.93. The topological polar surface area (TPSA) is 104 Å². The van der Waals surface area contributed by atoms with Gasteiger partial charge in [-0.05, 0) is 73.2 Å². The summed E-state index contributed by atoms with van der Waals surface area (Å²) < 4.78 is 58.8. The molecular weight excluding hydrogens is 599 g/mol. The molecule has 2 aromatic carbocycles. The average Bonchev–Trinajstić information content (AvgIpc) is 3.58. The van der Waals surface area contributed by atoms with E-state index in [1.54, 1.807) is 0 Å². The van der Waals surface area contributed by atoms with Crippen molar-refractivity contribution in [3.63, 3.8) is 0 Å². The standard InChI is InChI=1S/C34H36F3N5O4/c35-21-13-34(7-2-9-42(34)16-21)18-46-33-39-31-25-14-38-30(29(31)37)24-12-22(43)11-19-4-5-26(36)23(28(19)24)6-10-45-17-27(44)20-3-1-8-41(15-20)32(25)40-33/h4-5,11-12,14,20-21,27,43-44H,1-3,6-10,13,15-18H2/t20?,21-,27?,34?/m1/s1. The molecule has 0 saturated carbocycles. The maximum atomic E-state index is 16.9. The molecule has 9 nitrogen and oxygen atoms in total. The number of hydrogen-bond donors (Lipinski definition) is 2. The van der Waals surface area contributed by atoms with Gasteiger partial charge in [0.25, 0.3) is 0 Å². The van der Waals surface area contributed by atoms with Crippen molar-refractivity contribution in [2.45, 2.75) is 56.3 Å². The van der Waals surface area contributed by atoms with Crippen LogP contribution in [0.5, 0.6) is 11.8 Å². The molecule has 3 fully saturated rings. The van der Waals surface area contributed by atoms with Crippen molar-refractivity contribution in [1.29, 1.82) is 0 Å². The summed E-state index contributed by atoms with van der Waals surface area (Å²) in [6, 6.07) is 5.71. The zero-order chi connectivity index (χ0) is 31.6. The van der Waals surface area contributed by atoms with E-state index >= 15 is 8.78 Å². The maximum Gasteiger partial charge on any atom is 0.319 e. The van der Waals surface area contributed by atoms with E-state index in [1.165, 1.54) is 30.5 Å². The Kier molecular flexibility index (Phi) is 7.41. The SMILES string of the molecule is Oc1cc2c3c(c(F)ccc3c1)CCOCC(O)C1CCCN(C1)c1nc(OCC34CCCN3C[C@H](F)C4)nc3c(F)c-2ncc13. The van der Waals surface area contributed by atoms with Crippen LogP contribution in [0.25, 0.3) is 32.9 Å². The Labute approximate surface area is 264 Å². The number of hydrogen-bond acceptors (Lipinski definition) is 9. The highest BCUT2D eigenvalue weighted by Gasteiger charge is 2.49. The molecule has 9 rings (SSSR count). The Morgan fingerprint density at radius 3 is 2.89 bits per heavy atom. The zero-order valence-corrected chi connectivity index (χ0v) is 25.4. The van der Waals surface area contributed by atoms with Gasteiger partial charge in [-0.2, -0.15) is 9.97 Å². The predicted molar refractivity (Wildman–Crippen MR) is 166 cm³/mol. The second-order valence-corrected chi connectivity index (χ2v) is 13.2. The molecule has 0 spiro atoms. The summed E-state index contributed by atoms with van der Waals surface area (Å²) >= 11 is 0. The van der Waals surface area contributed by atoms with E-state index in [9.17, 15) is 14.6 Å². The third kappa shape index (κ3) is 5.01. The van der Waals surface area contributed by atoms with Crippen molar-refractivity contribution >= 4 is 27.5 Å². The minimum atomic E-state index is -0.928. The van der Waals surface area contributed by atoms with E-state index in [2.05, 4.69) is 14.9 Å². The summed E-state index contributed by atoms with van der Waals surface area (Å²) in [6.07, 6.45) is 3.65. The Balaban J connectivity index is 1.31. The summed E-state index contributed by atoms with van der Waals surface area (Å²) in [7, 11) is 0. The number of benzene rings is 2. The van der Waals surface area contributed by atoms with Gasteiger partial charge in [0.1, 0.15) is 41.4 Å². The van der Waals surface area contributed by atoms with Crippen molar-refractivity contribution in [3.05, 3.63) is 47.7 Å². The van der Waals surface area contributed by atoms with E-state index in [0.29, 0.717) is 53.6 Å². The minimum absolute atomic E-state index is 0.0203. The van der Waals surface area contributed by atoms with Gasteiger partial charge in [-0.1, -0.05) is 6.07 Å². The van der Waals surface area contributed by atoms with Crippen LogP contribution in [-0.2, 0) is 11.2 Å². The van der Waals surface area contributed by atoms with Gasteiger partial charge in [0, 0.05) is 43.7 Å². The first-order valence-corrected chi connectivity index (χ1v) is 16.1. The first-order valence-electron chi connectivity index (χ1n) is 16.1. The van der Waals surface area contributed by atoms with E-state index in [-0.39, 0.29) is 60.7 Å². The molecule has 5 aliphatic heterocycles. The number of alkyl halides is 1. The molecule has 0 amide bonds. The minimum Gasteiger partial charge on any atom is -0.508 e. The Hall–Kier alpha value is -3.74. The highest BCUT2D eigenvalue weighted by atomic mass is 19.1. The lowest BCUT2D eigenvalue weighted by Gasteiger charge is -2.36. The number of halogens is 3. The van der Waals surface area contributed by atoms with Crippen molar-refractivity contribution in [1.82, 2.24) is 19.9 Å². The number of nitrogens with zero attached hydrogens (tertiary/aromatic N) is 5. The Morgan fingerprint density at radius 2 is 2.00 bits per heavy atom. The second-order valence-electron chi connectivity index (χ2n) is 13.2.